The van der Waals surface area contributed by atoms with Crippen LogP contribution in [-0.2, 0) is 9.53 Å². The SMILES string of the molecule is COc1ccc(C)cc1C(C#N)C(=O)CC1(OC)CCC1. The summed E-state index contributed by atoms with van der Waals surface area (Å²) in [6.07, 6.45) is 3.14. The second-order valence-corrected chi connectivity index (χ2v) is 5.69. The number of nitriles is 1. The van der Waals surface area contributed by atoms with E-state index in [9.17, 15) is 10.1 Å². The zero-order valence-electron chi connectivity index (χ0n) is 12.8. The topological polar surface area (TPSA) is 59.3 Å². The first-order chi connectivity index (χ1) is 10.0. The van der Waals surface area contributed by atoms with Crippen LogP contribution in [0, 0.1) is 18.3 Å². The van der Waals surface area contributed by atoms with E-state index in [-0.39, 0.29) is 11.4 Å². The summed E-state index contributed by atoms with van der Waals surface area (Å²) in [7, 11) is 3.19. The highest BCUT2D eigenvalue weighted by atomic mass is 16.5. The molecule has 0 saturated heterocycles. The Bertz CT molecular complexity index is 564. The molecule has 1 aromatic carbocycles. The number of Topliss-reactive ketones (excluding diaryl/α,β-unsaturated/α-hetero) is 1. The molecule has 0 bridgehead atoms. The molecule has 0 N–H and O–H groups in total. The first-order valence-electron chi connectivity index (χ1n) is 7.17. The standard InChI is InChI=1S/C17H21NO3/c1-12-5-6-16(20-2)13(9-12)14(11-18)15(19)10-17(21-3)7-4-8-17/h5-6,9,14H,4,7-8,10H2,1-3H3. The van der Waals surface area contributed by atoms with Crippen LogP contribution in [0.25, 0.3) is 0 Å². The summed E-state index contributed by atoms with van der Waals surface area (Å²) >= 11 is 0. The molecule has 1 saturated carbocycles. The van der Waals surface area contributed by atoms with Crippen LogP contribution in [0.2, 0.25) is 0 Å². The largest absolute Gasteiger partial charge is 0.496 e. The number of ether oxygens (including phenoxy) is 2. The zero-order chi connectivity index (χ0) is 15.5. The van der Waals surface area contributed by atoms with Crippen molar-refractivity contribution in [2.45, 2.75) is 44.1 Å². The number of nitrogens with zero attached hydrogens (tertiary/aromatic N) is 1. The summed E-state index contributed by atoms with van der Waals surface area (Å²) in [5.74, 6) is -0.309. The molecular formula is C17H21NO3. The quantitative estimate of drug-likeness (QED) is 0.806. The van der Waals surface area contributed by atoms with E-state index in [0.29, 0.717) is 17.7 Å². The van der Waals surface area contributed by atoms with Crippen molar-refractivity contribution in [3.05, 3.63) is 29.3 Å². The number of aryl methyl sites for hydroxylation is 1. The van der Waals surface area contributed by atoms with E-state index < -0.39 is 5.92 Å². The molecule has 1 aliphatic rings. The van der Waals surface area contributed by atoms with Crippen molar-refractivity contribution in [1.29, 1.82) is 5.26 Å². The van der Waals surface area contributed by atoms with Crippen molar-refractivity contribution in [1.82, 2.24) is 0 Å². The second-order valence-electron chi connectivity index (χ2n) is 5.69. The maximum Gasteiger partial charge on any atom is 0.157 e. The van der Waals surface area contributed by atoms with Crippen LogP contribution in [0.3, 0.4) is 0 Å². The smallest absolute Gasteiger partial charge is 0.157 e. The van der Waals surface area contributed by atoms with Gasteiger partial charge in [-0.15, -0.1) is 0 Å². The van der Waals surface area contributed by atoms with E-state index in [1.807, 2.05) is 19.1 Å². The summed E-state index contributed by atoms with van der Waals surface area (Å²) in [5, 5.41) is 9.45. The number of hydrogen-bond acceptors (Lipinski definition) is 4. The van der Waals surface area contributed by atoms with E-state index in [2.05, 4.69) is 6.07 Å². The third-order valence-electron chi connectivity index (χ3n) is 4.34. The summed E-state index contributed by atoms with van der Waals surface area (Å²) in [5.41, 5.74) is 1.29. The number of carbonyl (C=O) groups is 1. The van der Waals surface area contributed by atoms with Crippen LogP contribution in [0.4, 0.5) is 0 Å². The van der Waals surface area contributed by atoms with Crippen molar-refractivity contribution in [2.24, 2.45) is 0 Å². The van der Waals surface area contributed by atoms with Gasteiger partial charge in [-0.1, -0.05) is 17.7 Å². The number of ketones is 1. The molecule has 0 radical (unpaired) electrons. The lowest BCUT2D eigenvalue weighted by molar-refractivity contribution is -0.132. The second kappa shape index (κ2) is 6.28. The van der Waals surface area contributed by atoms with E-state index in [0.717, 1.165) is 24.8 Å². The van der Waals surface area contributed by atoms with Gasteiger partial charge in [0.05, 0.1) is 18.8 Å². The zero-order valence-corrected chi connectivity index (χ0v) is 12.8. The fourth-order valence-corrected chi connectivity index (χ4v) is 2.84. The van der Waals surface area contributed by atoms with Crippen LogP contribution in [0.15, 0.2) is 18.2 Å². The molecule has 112 valence electrons. The third kappa shape index (κ3) is 3.08. The lowest BCUT2D eigenvalue weighted by Gasteiger charge is -2.40. The molecule has 0 amide bonds. The van der Waals surface area contributed by atoms with Gasteiger partial charge >= 0.3 is 0 Å². The van der Waals surface area contributed by atoms with Crippen molar-refractivity contribution in [3.8, 4) is 11.8 Å². The van der Waals surface area contributed by atoms with Crippen LogP contribution in [0.1, 0.15) is 42.7 Å². The molecule has 0 aromatic heterocycles. The predicted molar refractivity (Wildman–Crippen MR) is 79.3 cm³/mol. The molecule has 4 heteroatoms. The Hall–Kier alpha value is -1.86. The minimum Gasteiger partial charge on any atom is -0.496 e. The first-order valence-corrected chi connectivity index (χ1v) is 7.17. The van der Waals surface area contributed by atoms with Crippen LogP contribution in [-0.4, -0.2) is 25.6 Å². The van der Waals surface area contributed by atoms with Gasteiger partial charge < -0.3 is 9.47 Å². The Balaban J connectivity index is 2.25. The van der Waals surface area contributed by atoms with E-state index >= 15 is 0 Å². The minimum absolute atomic E-state index is 0.0945. The van der Waals surface area contributed by atoms with E-state index in [1.54, 1.807) is 20.3 Å². The van der Waals surface area contributed by atoms with E-state index in [1.165, 1.54) is 0 Å². The van der Waals surface area contributed by atoms with Gasteiger partial charge in [0.2, 0.25) is 0 Å². The number of carbonyl (C=O) groups excluding carboxylic acids is 1. The summed E-state index contributed by atoms with van der Waals surface area (Å²) in [6, 6.07) is 7.69. The normalized spacial score (nSPS) is 17.4. The average molecular weight is 287 g/mol. The van der Waals surface area contributed by atoms with Crippen LogP contribution < -0.4 is 4.74 Å². The highest BCUT2D eigenvalue weighted by Gasteiger charge is 2.41. The number of rotatable bonds is 6. The molecule has 1 unspecified atom stereocenters. The lowest BCUT2D eigenvalue weighted by atomic mass is 9.74. The fourth-order valence-electron chi connectivity index (χ4n) is 2.84. The Kier molecular flexibility index (Phi) is 4.64. The lowest BCUT2D eigenvalue weighted by Crippen LogP contribution is -2.42. The fraction of sp³-hybridized carbons (Fsp3) is 0.529. The molecule has 1 fully saturated rings. The first kappa shape index (κ1) is 15.5. The van der Waals surface area contributed by atoms with Crippen molar-refractivity contribution in [3.63, 3.8) is 0 Å². The van der Waals surface area contributed by atoms with Gasteiger partial charge in [-0.3, -0.25) is 4.79 Å². The summed E-state index contributed by atoms with van der Waals surface area (Å²) in [6.45, 7) is 1.93. The Morgan fingerprint density at radius 2 is 2.14 bits per heavy atom. The molecule has 2 rings (SSSR count). The van der Waals surface area contributed by atoms with Gasteiger partial charge in [-0.25, -0.2) is 0 Å². The molecular weight excluding hydrogens is 266 g/mol. The Labute approximate surface area is 125 Å². The predicted octanol–water partition coefficient (Wildman–Crippen LogP) is 3.14. The molecule has 1 atom stereocenters. The highest BCUT2D eigenvalue weighted by Crippen LogP contribution is 2.40. The van der Waals surface area contributed by atoms with Gasteiger partial charge in [0, 0.05) is 19.1 Å². The van der Waals surface area contributed by atoms with Crippen molar-refractivity contribution < 1.29 is 14.3 Å². The monoisotopic (exact) mass is 287 g/mol. The van der Waals surface area contributed by atoms with Gasteiger partial charge in [0.25, 0.3) is 0 Å². The van der Waals surface area contributed by atoms with Gasteiger partial charge in [-0.05, 0) is 32.3 Å². The van der Waals surface area contributed by atoms with Gasteiger partial charge in [0.1, 0.15) is 11.7 Å². The highest BCUT2D eigenvalue weighted by molar-refractivity contribution is 5.90. The third-order valence-corrected chi connectivity index (χ3v) is 4.34. The number of hydrogen-bond donors (Lipinski definition) is 0. The molecule has 0 spiro atoms. The molecule has 0 heterocycles. The van der Waals surface area contributed by atoms with Crippen LogP contribution in [0.5, 0.6) is 5.75 Å². The summed E-state index contributed by atoms with van der Waals surface area (Å²) in [4.78, 5) is 12.6. The molecule has 1 aliphatic carbocycles. The maximum absolute atomic E-state index is 12.6. The van der Waals surface area contributed by atoms with Crippen molar-refractivity contribution >= 4 is 5.78 Å². The Morgan fingerprint density at radius 1 is 1.43 bits per heavy atom. The maximum atomic E-state index is 12.6. The minimum atomic E-state index is -0.799. The molecule has 21 heavy (non-hydrogen) atoms. The van der Waals surface area contributed by atoms with Crippen molar-refractivity contribution in [2.75, 3.05) is 14.2 Å². The van der Waals surface area contributed by atoms with Gasteiger partial charge in [-0.2, -0.15) is 5.26 Å². The average Bonchev–Trinajstić information content (AvgIpc) is 2.44. The molecule has 4 nitrogen and oxygen atoms in total. The number of methoxy groups -OCH3 is 2. The van der Waals surface area contributed by atoms with E-state index in [4.69, 9.17) is 9.47 Å². The van der Waals surface area contributed by atoms with Gasteiger partial charge in [0.15, 0.2) is 5.78 Å². The summed E-state index contributed by atoms with van der Waals surface area (Å²) < 4.78 is 10.8. The van der Waals surface area contributed by atoms with Crippen LogP contribution >= 0.6 is 0 Å². The number of benzene rings is 1. The molecule has 1 aromatic rings. The molecule has 0 aliphatic heterocycles. The Morgan fingerprint density at radius 3 is 2.62 bits per heavy atom.